The topological polar surface area (TPSA) is 117 Å². The summed E-state index contributed by atoms with van der Waals surface area (Å²) in [5.74, 6) is -0.453. The Bertz CT molecular complexity index is 2230. The van der Waals surface area contributed by atoms with Crippen molar-refractivity contribution in [2.45, 2.75) is 51.9 Å². The molecule has 6 rings (SSSR count). The van der Waals surface area contributed by atoms with Crippen LogP contribution in [0.3, 0.4) is 0 Å². The predicted molar refractivity (Wildman–Crippen MR) is 187 cm³/mol. The summed E-state index contributed by atoms with van der Waals surface area (Å²) < 4.78 is 55.0. The molecule has 0 amide bonds. The molecule has 0 radical (unpaired) electrons. The van der Waals surface area contributed by atoms with Crippen molar-refractivity contribution in [3.05, 3.63) is 105 Å². The van der Waals surface area contributed by atoms with Crippen molar-refractivity contribution in [3.8, 4) is 34.4 Å². The first-order valence-electron chi connectivity index (χ1n) is 16.4. The Morgan fingerprint density at radius 2 is 1.75 bits per heavy atom. The number of carboxylic acid groups (broad SMARTS) is 1. The average Bonchev–Trinajstić information content (AvgIpc) is 3.55. The molecule has 11 heteroatoms. The molecule has 1 aliphatic rings. The highest BCUT2D eigenvalue weighted by molar-refractivity contribution is 5.90. The molecule has 1 aromatic heterocycles. The quantitative estimate of drug-likeness (QED) is 0.120. The standard InChI is InChI=1S/C40H34F3N3O5/c1-23-26(13-14-27-19-36(50-3)29(18-33(27)40(41,42)43)21-46-15-5-4-12-35(46)39(48)49)8-6-9-30(23)31-10-7-11-32(24(31)2)38-45-34-17-25(22-47)16-28(20-44)37(34)51-38/h6-11,13-14,16-19,22,35H,4-5,12,15,21H2,1-3H3,(H,48,49)/b14-13+/t35-/m0/s1. The van der Waals surface area contributed by atoms with Gasteiger partial charge < -0.3 is 14.3 Å². The SMILES string of the molecule is COc1cc(/C=C/c2cccc(-c3cccc(-c4nc5cc(C=O)cc(C#N)c5o4)c3C)c2C)c(C(F)(F)F)cc1CN1CCCC[C@H]1C(=O)O. The van der Waals surface area contributed by atoms with Crippen LogP contribution in [-0.2, 0) is 17.5 Å². The fraction of sp³-hybridized carbons (Fsp3) is 0.250. The van der Waals surface area contributed by atoms with Crippen LogP contribution < -0.4 is 4.74 Å². The van der Waals surface area contributed by atoms with Crippen LogP contribution >= 0.6 is 0 Å². The first kappa shape index (κ1) is 35.1. The number of methoxy groups -OCH3 is 1. The molecule has 1 atom stereocenters. The normalized spacial score (nSPS) is 15.3. The fourth-order valence-corrected chi connectivity index (χ4v) is 6.80. The van der Waals surface area contributed by atoms with E-state index >= 15 is 0 Å². The molecule has 5 aromatic rings. The first-order chi connectivity index (χ1) is 24.4. The van der Waals surface area contributed by atoms with Gasteiger partial charge in [0.25, 0.3) is 0 Å². The maximum absolute atomic E-state index is 14.5. The van der Waals surface area contributed by atoms with Gasteiger partial charge in [-0.1, -0.05) is 48.9 Å². The highest BCUT2D eigenvalue weighted by Gasteiger charge is 2.35. The number of benzene rings is 4. The molecule has 51 heavy (non-hydrogen) atoms. The van der Waals surface area contributed by atoms with Gasteiger partial charge in [0.15, 0.2) is 5.58 Å². The van der Waals surface area contributed by atoms with E-state index in [9.17, 15) is 33.1 Å². The lowest BCUT2D eigenvalue weighted by atomic mass is 9.91. The highest BCUT2D eigenvalue weighted by atomic mass is 19.4. The zero-order chi connectivity index (χ0) is 36.4. The van der Waals surface area contributed by atoms with E-state index in [1.54, 1.807) is 17.0 Å². The molecular formula is C40H34F3N3O5. The lowest BCUT2D eigenvalue weighted by molar-refractivity contribution is -0.145. The molecular weight excluding hydrogens is 659 g/mol. The highest BCUT2D eigenvalue weighted by Crippen LogP contribution is 2.39. The zero-order valence-electron chi connectivity index (χ0n) is 28.2. The number of nitriles is 1. The third kappa shape index (κ3) is 7.00. The number of fused-ring (bicyclic) bond motifs is 1. The summed E-state index contributed by atoms with van der Waals surface area (Å²) in [6.07, 6.45) is 0.998. The second-order valence-electron chi connectivity index (χ2n) is 12.6. The third-order valence-corrected chi connectivity index (χ3v) is 9.47. The predicted octanol–water partition coefficient (Wildman–Crippen LogP) is 9.10. The van der Waals surface area contributed by atoms with E-state index in [-0.39, 0.29) is 40.5 Å². The van der Waals surface area contributed by atoms with Gasteiger partial charge in [-0.05, 0) is 96.9 Å². The Morgan fingerprint density at radius 3 is 2.43 bits per heavy atom. The molecule has 0 spiro atoms. The average molecular weight is 694 g/mol. The molecule has 0 bridgehead atoms. The number of aromatic nitrogens is 1. The molecule has 1 N–H and O–H groups in total. The van der Waals surface area contributed by atoms with E-state index < -0.39 is 23.8 Å². The van der Waals surface area contributed by atoms with Crippen LogP contribution in [0.25, 0.3) is 45.8 Å². The fourth-order valence-electron chi connectivity index (χ4n) is 6.80. The number of rotatable bonds is 9. The number of halogens is 3. The number of oxazole rings is 1. The minimum atomic E-state index is -4.67. The minimum absolute atomic E-state index is 0.0234. The van der Waals surface area contributed by atoms with Crippen molar-refractivity contribution < 1.29 is 37.0 Å². The Kier molecular flexibility index (Phi) is 9.81. The number of carbonyl (C=O) groups is 2. The second kappa shape index (κ2) is 14.2. The molecule has 2 heterocycles. The van der Waals surface area contributed by atoms with Gasteiger partial charge in [0.1, 0.15) is 29.7 Å². The molecule has 1 aliphatic heterocycles. The summed E-state index contributed by atoms with van der Waals surface area (Å²) in [6, 6.07) is 17.9. The number of hydrogen-bond donors (Lipinski definition) is 1. The van der Waals surface area contributed by atoms with Gasteiger partial charge in [-0.25, -0.2) is 4.98 Å². The van der Waals surface area contributed by atoms with Crippen molar-refractivity contribution in [1.29, 1.82) is 5.26 Å². The van der Waals surface area contributed by atoms with Crippen LogP contribution in [-0.4, -0.2) is 46.9 Å². The Hall–Kier alpha value is -5.73. The van der Waals surface area contributed by atoms with Crippen LogP contribution in [0.15, 0.2) is 65.1 Å². The number of nitrogens with zero attached hydrogens (tertiary/aromatic N) is 3. The van der Waals surface area contributed by atoms with Crippen LogP contribution in [0.1, 0.15) is 68.6 Å². The number of aliphatic carboxylic acids is 1. The molecule has 8 nitrogen and oxygen atoms in total. The number of carbonyl (C=O) groups excluding carboxylic acids is 1. The zero-order valence-corrected chi connectivity index (χ0v) is 28.2. The lowest BCUT2D eigenvalue weighted by Gasteiger charge is -2.33. The van der Waals surface area contributed by atoms with Crippen molar-refractivity contribution >= 4 is 35.5 Å². The smallest absolute Gasteiger partial charge is 0.417 e. The van der Waals surface area contributed by atoms with Gasteiger partial charge in [-0.15, -0.1) is 0 Å². The molecule has 4 aromatic carbocycles. The largest absolute Gasteiger partial charge is 0.496 e. The molecule has 0 unspecified atom stereocenters. The van der Waals surface area contributed by atoms with Crippen molar-refractivity contribution in [2.24, 2.45) is 0 Å². The van der Waals surface area contributed by atoms with E-state index in [0.29, 0.717) is 41.5 Å². The number of aldehydes is 1. The number of piperidine rings is 1. The summed E-state index contributed by atoms with van der Waals surface area (Å²) in [7, 11) is 1.39. The van der Waals surface area contributed by atoms with Gasteiger partial charge in [0.05, 0.1) is 18.2 Å². The third-order valence-electron chi connectivity index (χ3n) is 9.47. The van der Waals surface area contributed by atoms with Crippen LogP contribution in [0.4, 0.5) is 13.2 Å². The van der Waals surface area contributed by atoms with Gasteiger partial charge >= 0.3 is 12.1 Å². The maximum atomic E-state index is 14.5. The van der Waals surface area contributed by atoms with Crippen LogP contribution in [0.2, 0.25) is 0 Å². The number of likely N-dealkylation sites (tertiary alicyclic amines) is 1. The second-order valence-corrected chi connectivity index (χ2v) is 12.6. The Morgan fingerprint density at radius 1 is 1.04 bits per heavy atom. The van der Waals surface area contributed by atoms with Gasteiger partial charge in [0.2, 0.25) is 5.89 Å². The molecule has 1 saturated heterocycles. The number of hydrogen-bond acceptors (Lipinski definition) is 7. The first-order valence-corrected chi connectivity index (χ1v) is 16.4. The molecule has 1 fully saturated rings. The minimum Gasteiger partial charge on any atom is -0.496 e. The summed E-state index contributed by atoms with van der Waals surface area (Å²) in [6.45, 7) is 4.30. The lowest BCUT2D eigenvalue weighted by Crippen LogP contribution is -2.44. The summed E-state index contributed by atoms with van der Waals surface area (Å²) in [4.78, 5) is 29.5. The monoisotopic (exact) mass is 693 g/mol. The number of ether oxygens (including phenoxy) is 1. The van der Waals surface area contributed by atoms with E-state index in [1.165, 1.54) is 25.3 Å². The molecule has 0 saturated carbocycles. The van der Waals surface area contributed by atoms with E-state index in [4.69, 9.17) is 9.15 Å². The van der Waals surface area contributed by atoms with E-state index in [0.717, 1.165) is 41.2 Å². The van der Waals surface area contributed by atoms with Gasteiger partial charge in [0, 0.05) is 23.2 Å². The summed E-state index contributed by atoms with van der Waals surface area (Å²) >= 11 is 0. The Labute approximate surface area is 292 Å². The van der Waals surface area contributed by atoms with E-state index in [2.05, 4.69) is 11.1 Å². The van der Waals surface area contributed by atoms with Crippen LogP contribution in [0, 0.1) is 25.2 Å². The van der Waals surface area contributed by atoms with Gasteiger partial charge in [-0.2, -0.15) is 18.4 Å². The van der Waals surface area contributed by atoms with Crippen molar-refractivity contribution in [2.75, 3.05) is 13.7 Å². The number of alkyl halides is 3. The molecule has 0 aliphatic carbocycles. The van der Waals surface area contributed by atoms with Crippen molar-refractivity contribution in [1.82, 2.24) is 9.88 Å². The van der Waals surface area contributed by atoms with Crippen molar-refractivity contribution in [3.63, 3.8) is 0 Å². The van der Waals surface area contributed by atoms with Crippen LogP contribution in [0.5, 0.6) is 5.75 Å². The number of carboxylic acids is 1. The summed E-state index contributed by atoms with van der Waals surface area (Å²) in [5.41, 5.74) is 5.30. The Balaban J connectivity index is 1.36. The summed E-state index contributed by atoms with van der Waals surface area (Å²) in [5, 5.41) is 19.3. The maximum Gasteiger partial charge on any atom is 0.417 e. The molecule has 260 valence electrons. The van der Waals surface area contributed by atoms with Gasteiger partial charge in [-0.3, -0.25) is 14.5 Å². The van der Waals surface area contributed by atoms with E-state index in [1.807, 2.05) is 50.2 Å².